The summed E-state index contributed by atoms with van der Waals surface area (Å²) in [4.78, 5) is 19.6. The monoisotopic (exact) mass is 394 g/mol. The molecule has 3 aromatic rings. The van der Waals surface area contributed by atoms with Crippen LogP contribution in [0.1, 0.15) is 29.0 Å². The normalized spacial score (nSPS) is 19.4. The van der Waals surface area contributed by atoms with Crippen molar-refractivity contribution < 1.29 is 13.9 Å². The van der Waals surface area contributed by atoms with Gasteiger partial charge >= 0.3 is 0 Å². The van der Waals surface area contributed by atoms with Crippen molar-refractivity contribution in [3.63, 3.8) is 0 Å². The number of carbonyl (C=O) groups excluding carboxylic acids is 1. The Kier molecular flexibility index (Phi) is 4.77. The first-order valence-electron chi connectivity index (χ1n) is 10.1. The number of fused-ring (bicyclic) bond motifs is 3. The number of anilines is 1. The average Bonchev–Trinajstić information content (AvgIpc) is 3.35. The molecule has 1 unspecified atom stereocenters. The van der Waals surface area contributed by atoms with Gasteiger partial charge in [-0.2, -0.15) is 0 Å². The molecule has 2 aliphatic heterocycles. The fourth-order valence-electron chi connectivity index (χ4n) is 4.18. The standard InChI is InChI=1S/C22H23FN4O2/c23-16-5-3-15(4-6-16)22(28)24-17-7-8-20-19(12-17)25-21-14-26(9-10-27(20)21)13-18-2-1-11-29-18/h3-8,12,18H,1-2,9-11,13-14H2,(H,24,28). The Labute approximate surface area is 168 Å². The third-order valence-corrected chi connectivity index (χ3v) is 5.68. The Morgan fingerprint density at radius 1 is 1.21 bits per heavy atom. The zero-order chi connectivity index (χ0) is 19.8. The minimum absolute atomic E-state index is 0.268. The van der Waals surface area contributed by atoms with Crippen LogP contribution in [0, 0.1) is 5.82 Å². The molecule has 5 rings (SSSR count). The van der Waals surface area contributed by atoms with Gasteiger partial charge in [-0.1, -0.05) is 0 Å². The number of ether oxygens (including phenoxy) is 1. The first-order chi connectivity index (χ1) is 14.2. The van der Waals surface area contributed by atoms with Gasteiger partial charge in [-0.3, -0.25) is 9.69 Å². The van der Waals surface area contributed by atoms with Crippen LogP contribution in [0.2, 0.25) is 0 Å². The number of carbonyl (C=O) groups is 1. The number of benzene rings is 2. The van der Waals surface area contributed by atoms with Crippen LogP contribution in [0.15, 0.2) is 42.5 Å². The maximum Gasteiger partial charge on any atom is 0.255 e. The molecule has 0 bridgehead atoms. The predicted molar refractivity (Wildman–Crippen MR) is 108 cm³/mol. The van der Waals surface area contributed by atoms with Gasteiger partial charge in [-0.15, -0.1) is 0 Å². The number of hydrogen-bond donors (Lipinski definition) is 1. The molecular weight excluding hydrogens is 371 g/mol. The first-order valence-corrected chi connectivity index (χ1v) is 10.1. The highest BCUT2D eigenvalue weighted by atomic mass is 19.1. The Morgan fingerprint density at radius 2 is 2.07 bits per heavy atom. The summed E-state index contributed by atoms with van der Waals surface area (Å²) >= 11 is 0. The molecule has 3 heterocycles. The van der Waals surface area contributed by atoms with Crippen molar-refractivity contribution in [1.82, 2.24) is 14.5 Å². The maximum absolute atomic E-state index is 13.1. The molecule has 7 heteroatoms. The molecule has 1 atom stereocenters. The molecule has 1 aromatic heterocycles. The molecular formula is C22H23FN4O2. The minimum Gasteiger partial charge on any atom is -0.377 e. The van der Waals surface area contributed by atoms with Crippen LogP contribution in [0.4, 0.5) is 10.1 Å². The molecule has 29 heavy (non-hydrogen) atoms. The van der Waals surface area contributed by atoms with E-state index in [4.69, 9.17) is 9.72 Å². The predicted octanol–water partition coefficient (Wildman–Crippen LogP) is 3.42. The lowest BCUT2D eigenvalue weighted by molar-refractivity contribution is 0.0636. The second-order valence-electron chi connectivity index (χ2n) is 7.71. The Bertz CT molecular complexity index is 1040. The van der Waals surface area contributed by atoms with Crippen LogP contribution in [-0.2, 0) is 17.8 Å². The summed E-state index contributed by atoms with van der Waals surface area (Å²) < 4.78 is 21.1. The number of amides is 1. The molecule has 1 amide bonds. The SMILES string of the molecule is O=C(Nc1ccc2c(c1)nc1n2CCN(CC2CCCO2)C1)c1ccc(F)cc1. The summed E-state index contributed by atoms with van der Waals surface area (Å²) in [6.07, 6.45) is 2.65. The first kappa shape index (κ1) is 18.3. The molecule has 2 aliphatic rings. The van der Waals surface area contributed by atoms with E-state index in [1.165, 1.54) is 24.3 Å². The lowest BCUT2D eigenvalue weighted by atomic mass is 10.2. The van der Waals surface area contributed by atoms with Crippen molar-refractivity contribution in [3.8, 4) is 0 Å². The minimum atomic E-state index is -0.361. The Balaban J connectivity index is 1.32. The molecule has 0 aliphatic carbocycles. The van der Waals surface area contributed by atoms with Crippen molar-refractivity contribution in [1.29, 1.82) is 0 Å². The van der Waals surface area contributed by atoms with Gasteiger partial charge < -0.3 is 14.6 Å². The zero-order valence-corrected chi connectivity index (χ0v) is 16.1. The van der Waals surface area contributed by atoms with Crippen molar-refractivity contribution in [2.75, 3.05) is 25.0 Å². The fraction of sp³-hybridized carbons (Fsp3) is 0.364. The van der Waals surface area contributed by atoms with Gasteiger partial charge in [0, 0.05) is 37.5 Å². The number of aromatic nitrogens is 2. The van der Waals surface area contributed by atoms with E-state index in [2.05, 4.69) is 14.8 Å². The summed E-state index contributed by atoms with van der Waals surface area (Å²) in [6, 6.07) is 11.3. The van der Waals surface area contributed by atoms with Crippen LogP contribution >= 0.6 is 0 Å². The van der Waals surface area contributed by atoms with E-state index in [1.54, 1.807) is 0 Å². The number of rotatable bonds is 4. The van der Waals surface area contributed by atoms with Gasteiger partial charge in [0.25, 0.3) is 5.91 Å². The highest BCUT2D eigenvalue weighted by molar-refractivity contribution is 6.04. The second-order valence-corrected chi connectivity index (χ2v) is 7.71. The largest absolute Gasteiger partial charge is 0.377 e. The second kappa shape index (κ2) is 7.57. The zero-order valence-electron chi connectivity index (χ0n) is 16.1. The van der Waals surface area contributed by atoms with Crippen molar-refractivity contribution in [3.05, 3.63) is 59.7 Å². The van der Waals surface area contributed by atoms with Gasteiger partial charge in [-0.05, 0) is 55.3 Å². The summed E-state index contributed by atoms with van der Waals surface area (Å²) in [5.41, 5.74) is 3.05. The van der Waals surface area contributed by atoms with Crippen molar-refractivity contribution in [2.45, 2.75) is 32.0 Å². The van der Waals surface area contributed by atoms with Crippen LogP contribution in [-0.4, -0.2) is 46.2 Å². The number of nitrogens with one attached hydrogen (secondary N) is 1. The van der Waals surface area contributed by atoms with E-state index in [0.717, 1.165) is 62.5 Å². The van der Waals surface area contributed by atoms with Crippen LogP contribution < -0.4 is 5.32 Å². The lowest BCUT2D eigenvalue weighted by Crippen LogP contribution is -2.38. The van der Waals surface area contributed by atoms with Crippen LogP contribution in [0.3, 0.4) is 0 Å². The lowest BCUT2D eigenvalue weighted by Gasteiger charge is -2.29. The molecule has 1 N–H and O–H groups in total. The van der Waals surface area contributed by atoms with Gasteiger partial charge in [0.2, 0.25) is 0 Å². The molecule has 1 fully saturated rings. The maximum atomic E-state index is 13.1. The molecule has 150 valence electrons. The summed E-state index contributed by atoms with van der Waals surface area (Å²) in [5.74, 6) is 0.419. The smallest absolute Gasteiger partial charge is 0.255 e. The van der Waals surface area contributed by atoms with Crippen LogP contribution in [0.25, 0.3) is 11.0 Å². The van der Waals surface area contributed by atoms with Crippen LogP contribution in [0.5, 0.6) is 0 Å². The number of hydrogen-bond acceptors (Lipinski definition) is 4. The third-order valence-electron chi connectivity index (χ3n) is 5.68. The van der Waals surface area contributed by atoms with E-state index in [-0.39, 0.29) is 11.7 Å². The van der Waals surface area contributed by atoms with Gasteiger partial charge in [0.05, 0.1) is 23.7 Å². The van der Waals surface area contributed by atoms with Gasteiger partial charge in [-0.25, -0.2) is 9.37 Å². The average molecular weight is 394 g/mol. The molecule has 1 saturated heterocycles. The molecule has 0 spiro atoms. The quantitative estimate of drug-likeness (QED) is 0.737. The highest BCUT2D eigenvalue weighted by Gasteiger charge is 2.24. The highest BCUT2D eigenvalue weighted by Crippen LogP contribution is 2.25. The van der Waals surface area contributed by atoms with E-state index in [1.807, 2.05) is 18.2 Å². The number of nitrogens with zero attached hydrogens (tertiary/aromatic N) is 3. The Hall–Kier alpha value is -2.77. The summed E-state index contributed by atoms with van der Waals surface area (Å²) in [6.45, 7) is 4.54. The molecule has 2 aromatic carbocycles. The van der Waals surface area contributed by atoms with Crippen molar-refractivity contribution >= 4 is 22.6 Å². The third kappa shape index (κ3) is 3.75. The molecule has 6 nitrogen and oxygen atoms in total. The van der Waals surface area contributed by atoms with E-state index < -0.39 is 0 Å². The topological polar surface area (TPSA) is 59.4 Å². The summed E-state index contributed by atoms with van der Waals surface area (Å²) in [7, 11) is 0. The molecule has 0 saturated carbocycles. The van der Waals surface area contributed by atoms with E-state index >= 15 is 0 Å². The summed E-state index contributed by atoms with van der Waals surface area (Å²) in [5, 5.41) is 2.87. The van der Waals surface area contributed by atoms with Crippen molar-refractivity contribution in [2.24, 2.45) is 0 Å². The van der Waals surface area contributed by atoms with Gasteiger partial charge in [0.1, 0.15) is 11.6 Å². The number of imidazole rings is 1. The molecule has 0 radical (unpaired) electrons. The number of halogens is 1. The fourth-order valence-corrected chi connectivity index (χ4v) is 4.18. The van der Waals surface area contributed by atoms with Gasteiger partial charge in [0.15, 0.2) is 0 Å². The van der Waals surface area contributed by atoms with E-state index in [9.17, 15) is 9.18 Å². The van der Waals surface area contributed by atoms with E-state index in [0.29, 0.717) is 17.4 Å². The Morgan fingerprint density at radius 3 is 2.86 bits per heavy atom.